The van der Waals surface area contributed by atoms with Gasteiger partial charge in [-0.3, -0.25) is 14.3 Å². The Labute approximate surface area is 144 Å². The van der Waals surface area contributed by atoms with E-state index in [0.29, 0.717) is 17.1 Å². The third kappa shape index (κ3) is 2.34. The Morgan fingerprint density at radius 3 is 2.56 bits per heavy atom. The van der Waals surface area contributed by atoms with E-state index in [2.05, 4.69) is 9.88 Å². The first-order valence-electron chi connectivity index (χ1n) is 9.27. The fraction of sp³-hybridized carbons (Fsp3) is 0.579. The van der Waals surface area contributed by atoms with Gasteiger partial charge in [-0.25, -0.2) is 9.18 Å². The summed E-state index contributed by atoms with van der Waals surface area (Å²) in [7, 11) is 0. The van der Waals surface area contributed by atoms with E-state index in [0.717, 1.165) is 43.8 Å². The van der Waals surface area contributed by atoms with Crippen molar-refractivity contribution in [3.8, 4) is 0 Å². The molecule has 0 amide bonds. The number of benzene rings is 1. The molecule has 3 fully saturated rings. The molecule has 1 N–H and O–H groups in total. The molecule has 1 saturated heterocycles. The Balaban J connectivity index is 1.70. The van der Waals surface area contributed by atoms with Gasteiger partial charge < -0.3 is 4.90 Å². The van der Waals surface area contributed by atoms with Gasteiger partial charge >= 0.3 is 5.69 Å². The van der Waals surface area contributed by atoms with Crippen molar-refractivity contribution in [2.45, 2.75) is 45.1 Å². The lowest BCUT2D eigenvalue weighted by atomic mass is 10.0. The number of anilines is 1. The molecule has 132 valence electrons. The summed E-state index contributed by atoms with van der Waals surface area (Å²) in [5.41, 5.74) is 1.04. The molecule has 2 aromatic rings. The van der Waals surface area contributed by atoms with Crippen molar-refractivity contribution >= 4 is 16.6 Å². The van der Waals surface area contributed by atoms with Crippen LogP contribution < -0.4 is 16.1 Å². The lowest BCUT2D eigenvalue weighted by Crippen LogP contribution is -2.31. The molecule has 1 aromatic heterocycles. The van der Waals surface area contributed by atoms with Gasteiger partial charge in [0.2, 0.25) is 0 Å². The molecule has 1 aromatic carbocycles. The molecule has 0 radical (unpaired) electrons. The maximum Gasteiger partial charge on any atom is 0.329 e. The van der Waals surface area contributed by atoms with Crippen LogP contribution in [0.3, 0.4) is 0 Å². The van der Waals surface area contributed by atoms with E-state index in [4.69, 9.17) is 0 Å². The number of aryl methyl sites for hydroxylation is 1. The Hall–Kier alpha value is -2.11. The van der Waals surface area contributed by atoms with Gasteiger partial charge in [0.05, 0.1) is 16.6 Å². The second kappa shape index (κ2) is 5.19. The second-order valence-corrected chi connectivity index (χ2v) is 7.92. The number of nitrogens with one attached hydrogen (secondary N) is 1. The molecule has 0 bridgehead atoms. The minimum Gasteiger partial charge on any atom is -0.369 e. The van der Waals surface area contributed by atoms with Gasteiger partial charge in [-0.1, -0.05) is 0 Å². The number of hydrogen-bond donors (Lipinski definition) is 1. The molecule has 2 heterocycles. The van der Waals surface area contributed by atoms with E-state index in [1.807, 2.05) is 6.92 Å². The van der Waals surface area contributed by atoms with E-state index in [1.165, 1.54) is 18.9 Å². The van der Waals surface area contributed by atoms with Gasteiger partial charge in [0.1, 0.15) is 5.82 Å². The fourth-order valence-electron chi connectivity index (χ4n) is 4.58. The summed E-state index contributed by atoms with van der Waals surface area (Å²) < 4.78 is 16.6. The molecule has 2 saturated carbocycles. The predicted molar refractivity (Wildman–Crippen MR) is 94.8 cm³/mol. The molecule has 2 aliphatic carbocycles. The molecule has 0 spiro atoms. The molecule has 5 nitrogen and oxygen atoms in total. The number of fused-ring (bicyclic) bond motifs is 1. The fourth-order valence-corrected chi connectivity index (χ4v) is 4.58. The van der Waals surface area contributed by atoms with Crippen molar-refractivity contribution in [1.82, 2.24) is 9.55 Å². The lowest BCUT2D eigenvalue weighted by Gasteiger charge is -2.24. The predicted octanol–water partition coefficient (Wildman–Crippen LogP) is 2.71. The zero-order valence-corrected chi connectivity index (χ0v) is 14.3. The minimum atomic E-state index is -0.497. The molecular formula is C19H22FN3O2. The van der Waals surface area contributed by atoms with Crippen molar-refractivity contribution in [1.29, 1.82) is 0 Å². The number of nitrogens with zero attached hydrogens (tertiary/aromatic N) is 2. The van der Waals surface area contributed by atoms with Gasteiger partial charge in [-0.15, -0.1) is 0 Å². The number of halogens is 1. The lowest BCUT2D eigenvalue weighted by molar-refractivity contribution is 0.513. The van der Waals surface area contributed by atoms with Crippen LogP contribution in [0.25, 0.3) is 10.9 Å². The Kier molecular flexibility index (Phi) is 3.15. The normalized spacial score (nSPS) is 23.6. The highest BCUT2D eigenvalue weighted by Crippen LogP contribution is 2.44. The van der Waals surface area contributed by atoms with Gasteiger partial charge in [-0.05, 0) is 56.9 Å². The summed E-state index contributed by atoms with van der Waals surface area (Å²) in [6.07, 6.45) is 5.57. The van der Waals surface area contributed by atoms with Crippen LogP contribution in [0.2, 0.25) is 0 Å². The molecular weight excluding hydrogens is 321 g/mol. The molecule has 6 heteroatoms. The number of H-pyrrole nitrogens is 1. The standard InChI is InChI=1S/C19H22FN3O2/c1-10-16-14(18(24)21-19(25)23(16)13-4-5-13)8-15(20)17(10)22-7-6-12(9-22)11-2-3-11/h8,11-13H,2-7,9H2,1H3,(H,21,24,25). The van der Waals surface area contributed by atoms with Crippen LogP contribution in [0.1, 0.15) is 43.7 Å². The third-order valence-electron chi connectivity index (χ3n) is 6.13. The van der Waals surface area contributed by atoms with Gasteiger partial charge in [0.25, 0.3) is 5.56 Å². The molecule has 1 atom stereocenters. The summed E-state index contributed by atoms with van der Waals surface area (Å²) >= 11 is 0. The molecule has 1 unspecified atom stereocenters. The number of hydrogen-bond acceptors (Lipinski definition) is 3. The molecule has 3 aliphatic rings. The summed E-state index contributed by atoms with van der Waals surface area (Å²) in [5.74, 6) is 1.11. The van der Waals surface area contributed by atoms with Crippen LogP contribution in [0.4, 0.5) is 10.1 Å². The van der Waals surface area contributed by atoms with E-state index in [9.17, 15) is 14.0 Å². The van der Waals surface area contributed by atoms with Gasteiger partial charge in [0.15, 0.2) is 0 Å². The van der Waals surface area contributed by atoms with Crippen molar-refractivity contribution in [3.63, 3.8) is 0 Å². The van der Waals surface area contributed by atoms with Crippen LogP contribution in [-0.2, 0) is 0 Å². The maximum absolute atomic E-state index is 14.9. The Bertz CT molecular complexity index is 985. The molecule has 5 rings (SSSR count). The van der Waals surface area contributed by atoms with Crippen molar-refractivity contribution < 1.29 is 4.39 Å². The average molecular weight is 343 g/mol. The van der Waals surface area contributed by atoms with Crippen LogP contribution in [-0.4, -0.2) is 22.6 Å². The summed E-state index contributed by atoms with van der Waals surface area (Å²) in [6.45, 7) is 3.58. The quantitative estimate of drug-likeness (QED) is 0.932. The van der Waals surface area contributed by atoms with Crippen LogP contribution in [0, 0.1) is 24.6 Å². The smallest absolute Gasteiger partial charge is 0.329 e. The number of aromatic nitrogens is 2. The van der Waals surface area contributed by atoms with E-state index < -0.39 is 5.56 Å². The molecule has 25 heavy (non-hydrogen) atoms. The van der Waals surface area contributed by atoms with Crippen LogP contribution in [0.15, 0.2) is 15.7 Å². The number of rotatable bonds is 3. The van der Waals surface area contributed by atoms with Crippen molar-refractivity contribution in [3.05, 3.63) is 38.3 Å². The summed E-state index contributed by atoms with van der Waals surface area (Å²) in [5, 5.41) is 0.281. The SMILES string of the molecule is Cc1c(N2CCC(C3CC3)C2)c(F)cc2c(=O)[nH]c(=O)n(C3CC3)c12. The summed E-state index contributed by atoms with van der Waals surface area (Å²) in [4.78, 5) is 29.1. The first kappa shape index (κ1) is 15.2. The van der Waals surface area contributed by atoms with E-state index in [1.54, 1.807) is 4.57 Å². The Morgan fingerprint density at radius 1 is 1.12 bits per heavy atom. The first-order valence-corrected chi connectivity index (χ1v) is 9.27. The monoisotopic (exact) mass is 343 g/mol. The second-order valence-electron chi connectivity index (χ2n) is 7.92. The highest BCUT2D eigenvalue weighted by Gasteiger charge is 2.37. The zero-order chi connectivity index (χ0) is 17.3. The molecule has 1 aliphatic heterocycles. The van der Waals surface area contributed by atoms with Crippen molar-refractivity contribution in [2.75, 3.05) is 18.0 Å². The number of aromatic amines is 1. The van der Waals surface area contributed by atoms with Crippen LogP contribution >= 0.6 is 0 Å². The minimum absolute atomic E-state index is 0.127. The largest absolute Gasteiger partial charge is 0.369 e. The Morgan fingerprint density at radius 2 is 1.88 bits per heavy atom. The highest BCUT2D eigenvalue weighted by atomic mass is 19.1. The average Bonchev–Trinajstić information content (AvgIpc) is 3.49. The van der Waals surface area contributed by atoms with Gasteiger partial charge in [0, 0.05) is 24.7 Å². The van der Waals surface area contributed by atoms with Gasteiger partial charge in [-0.2, -0.15) is 0 Å². The van der Waals surface area contributed by atoms with Crippen molar-refractivity contribution in [2.24, 2.45) is 11.8 Å². The zero-order valence-electron chi connectivity index (χ0n) is 14.3. The van der Waals surface area contributed by atoms with E-state index in [-0.39, 0.29) is 22.9 Å². The first-order chi connectivity index (χ1) is 12.0. The van der Waals surface area contributed by atoms with Crippen LogP contribution in [0.5, 0.6) is 0 Å². The highest BCUT2D eigenvalue weighted by molar-refractivity contribution is 5.87. The maximum atomic E-state index is 14.9. The summed E-state index contributed by atoms with van der Waals surface area (Å²) in [6, 6.07) is 1.45. The third-order valence-corrected chi connectivity index (χ3v) is 6.13. The van der Waals surface area contributed by atoms with E-state index >= 15 is 0 Å². The topological polar surface area (TPSA) is 58.1 Å².